The molecule has 0 saturated carbocycles. The second-order valence-electron chi connectivity index (χ2n) is 20.1. The summed E-state index contributed by atoms with van der Waals surface area (Å²) in [6.07, 6.45) is -4.86. The molecular formula is C52H94N8O22. The third-order valence-electron chi connectivity index (χ3n) is 13.0. The van der Waals surface area contributed by atoms with Crippen molar-refractivity contribution in [3.8, 4) is 0 Å². The highest BCUT2D eigenvalue weighted by atomic mass is 16.7. The van der Waals surface area contributed by atoms with Gasteiger partial charge < -0.3 is 111 Å². The van der Waals surface area contributed by atoms with E-state index in [2.05, 4.69) is 42.5 Å². The van der Waals surface area contributed by atoms with E-state index in [0.29, 0.717) is 64.6 Å². The third-order valence-corrected chi connectivity index (χ3v) is 13.0. The van der Waals surface area contributed by atoms with E-state index in [9.17, 15) is 74.1 Å². The number of rotatable bonds is 45. The second-order valence-corrected chi connectivity index (χ2v) is 20.1. The van der Waals surface area contributed by atoms with Crippen LogP contribution in [-0.4, -0.2) is 256 Å². The lowest BCUT2D eigenvalue weighted by Gasteiger charge is -2.42. The second kappa shape index (κ2) is 43.8. The monoisotopic (exact) mass is 1180 g/mol. The molecule has 0 radical (unpaired) electrons. The van der Waals surface area contributed by atoms with Crippen LogP contribution in [0.4, 0.5) is 0 Å². The summed E-state index contributed by atoms with van der Waals surface area (Å²) in [7, 11) is 1.57. The number of unbranched alkanes of at least 4 members (excludes halogenated alkanes) is 3. The van der Waals surface area contributed by atoms with Gasteiger partial charge in [0.15, 0.2) is 12.6 Å². The molecule has 15 N–H and O–H groups in total. The van der Waals surface area contributed by atoms with Gasteiger partial charge in [-0.15, -0.1) is 0 Å². The molecule has 0 aromatic carbocycles. The molecule has 0 aromatic heterocycles. The standard InChI is InChI=1S/C52H94N8O22/c1-33(64)58-45-49(74)47(72)37(28-62)81-51(45)79-22-9-6-14-39(66)56-20-24-77-31-43(70)54-18-8-5-13-36(26-42(69)53-17-7-4-12-35(27-61)30-76-3)60-41(68)15-10-19-55-44(71)32-78-25-21-57-40(67)16-11-23-80-52-46(59-34(2)65)50(75)48(73)38(29-63)82-52/h35-38,45-52,61-63,72-75H,4-32H2,1-3H3,(H,53,69)(H,54,70)(H,55,71)(H,56,66)(H,57,67)(H,58,64)(H,59,65)(H,60,68)/t35?,36-,37?,38?,45?,46?,47-,48-,49+,50+,51+,52+/m0/s1. The minimum absolute atomic E-state index is 0.00165. The van der Waals surface area contributed by atoms with Gasteiger partial charge in [0.1, 0.15) is 61.9 Å². The van der Waals surface area contributed by atoms with E-state index in [0.717, 1.165) is 12.8 Å². The van der Waals surface area contributed by atoms with Crippen molar-refractivity contribution in [1.82, 2.24) is 42.5 Å². The van der Waals surface area contributed by atoms with Crippen molar-refractivity contribution in [1.29, 1.82) is 0 Å². The van der Waals surface area contributed by atoms with E-state index < -0.39 is 98.3 Å². The van der Waals surface area contributed by atoms with Gasteiger partial charge in [0.25, 0.3) is 0 Å². The van der Waals surface area contributed by atoms with Crippen molar-refractivity contribution in [2.75, 3.05) is 106 Å². The zero-order valence-corrected chi connectivity index (χ0v) is 47.7. The minimum Gasteiger partial charge on any atom is -0.396 e. The Hall–Kier alpha value is -4.80. The number of aliphatic hydroxyl groups is 7. The van der Waals surface area contributed by atoms with Crippen LogP contribution in [0.1, 0.15) is 104 Å². The van der Waals surface area contributed by atoms with Gasteiger partial charge in [-0.2, -0.15) is 0 Å². The van der Waals surface area contributed by atoms with Crippen molar-refractivity contribution >= 4 is 47.3 Å². The van der Waals surface area contributed by atoms with E-state index in [1.807, 2.05) is 0 Å². The molecule has 8 amide bonds. The fourth-order valence-corrected chi connectivity index (χ4v) is 8.67. The molecule has 0 aromatic rings. The highest BCUT2D eigenvalue weighted by Gasteiger charge is 2.46. The summed E-state index contributed by atoms with van der Waals surface area (Å²) in [6.45, 7) is 2.62. The molecule has 2 fully saturated rings. The topological polar surface area (TPSA) is 439 Å². The van der Waals surface area contributed by atoms with Crippen LogP contribution in [0.25, 0.3) is 0 Å². The summed E-state index contributed by atoms with van der Waals surface area (Å²) in [6, 6.07) is -2.67. The van der Waals surface area contributed by atoms with Gasteiger partial charge in [0.2, 0.25) is 47.3 Å². The van der Waals surface area contributed by atoms with Crippen LogP contribution in [-0.2, 0) is 71.5 Å². The molecule has 2 heterocycles. The maximum Gasteiger partial charge on any atom is 0.245 e. The Balaban J connectivity index is 1.64. The SMILES string of the molecule is COCC(CO)CCCCNC(=O)C[C@H](CCCCNC(=O)COCCNC(=O)CCCCO[C@@H]1OC(CO)[C@H](O)[C@H](O)C1NC(C)=O)NC(=O)CCCNC(=O)COCCNC(=O)CCCO[C@@H]1OC(CO)[C@H](O)[C@H](O)C1NC(C)=O. The Morgan fingerprint density at radius 1 is 0.488 bits per heavy atom. The molecule has 30 nitrogen and oxygen atoms in total. The summed E-state index contributed by atoms with van der Waals surface area (Å²) in [5.74, 6) is -2.89. The number of nitrogens with one attached hydrogen (secondary N) is 8. The first-order chi connectivity index (χ1) is 39.3. The van der Waals surface area contributed by atoms with Gasteiger partial charge in [-0.3, -0.25) is 38.4 Å². The van der Waals surface area contributed by atoms with E-state index >= 15 is 0 Å². The lowest BCUT2D eigenvalue weighted by Crippen LogP contribution is -2.64. The molecule has 5 unspecified atom stereocenters. The van der Waals surface area contributed by atoms with Crippen molar-refractivity contribution in [3.05, 3.63) is 0 Å². The van der Waals surface area contributed by atoms with Gasteiger partial charge in [-0.05, 0) is 57.8 Å². The molecule has 474 valence electrons. The van der Waals surface area contributed by atoms with Crippen LogP contribution in [0.5, 0.6) is 0 Å². The lowest BCUT2D eigenvalue weighted by molar-refractivity contribution is -0.270. The predicted octanol–water partition coefficient (Wildman–Crippen LogP) is -5.28. The molecule has 12 atom stereocenters. The van der Waals surface area contributed by atoms with Crippen molar-refractivity contribution < 1.29 is 107 Å². The Bertz CT molecular complexity index is 1860. The summed E-state index contributed by atoms with van der Waals surface area (Å²) in [4.78, 5) is 98.5. The zero-order valence-electron chi connectivity index (χ0n) is 47.7. The number of aliphatic hydroxyl groups excluding tert-OH is 7. The summed E-state index contributed by atoms with van der Waals surface area (Å²) < 4.78 is 38.1. The molecule has 82 heavy (non-hydrogen) atoms. The molecule has 0 aliphatic carbocycles. The van der Waals surface area contributed by atoms with Crippen LogP contribution >= 0.6 is 0 Å². The highest BCUT2D eigenvalue weighted by molar-refractivity contribution is 5.80. The third kappa shape index (κ3) is 31.7. The molecule has 2 aliphatic heterocycles. The van der Waals surface area contributed by atoms with Gasteiger partial charge >= 0.3 is 0 Å². The maximum absolute atomic E-state index is 13.0. The van der Waals surface area contributed by atoms with E-state index in [-0.39, 0.29) is 133 Å². The number of carbonyl (C=O) groups is 8. The summed E-state index contributed by atoms with van der Waals surface area (Å²) >= 11 is 0. The Morgan fingerprint density at radius 3 is 1.43 bits per heavy atom. The van der Waals surface area contributed by atoms with Crippen molar-refractivity contribution in [3.63, 3.8) is 0 Å². The number of methoxy groups -OCH3 is 1. The largest absolute Gasteiger partial charge is 0.396 e. The van der Waals surface area contributed by atoms with E-state index in [1.165, 1.54) is 13.8 Å². The molecule has 0 spiro atoms. The van der Waals surface area contributed by atoms with Crippen LogP contribution in [0.3, 0.4) is 0 Å². The first-order valence-corrected chi connectivity index (χ1v) is 28.2. The average molecular weight is 1180 g/mol. The Morgan fingerprint density at radius 2 is 0.939 bits per heavy atom. The normalized spacial score (nSPS) is 23.1. The van der Waals surface area contributed by atoms with Gasteiger partial charge in [-0.25, -0.2) is 0 Å². The van der Waals surface area contributed by atoms with Gasteiger partial charge in [-0.1, -0.05) is 6.42 Å². The lowest BCUT2D eigenvalue weighted by atomic mass is 9.97. The number of hydrogen-bond donors (Lipinski definition) is 15. The number of ether oxygens (including phenoxy) is 7. The smallest absolute Gasteiger partial charge is 0.245 e. The first kappa shape index (κ1) is 73.3. The van der Waals surface area contributed by atoms with Crippen LogP contribution in [0.2, 0.25) is 0 Å². The molecule has 2 rings (SSSR count). The quantitative estimate of drug-likeness (QED) is 0.0253. The number of carbonyl (C=O) groups excluding carboxylic acids is 8. The fourth-order valence-electron chi connectivity index (χ4n) is 8.67. The average Bonchev–Trinajstić information content (AvgIpc) is 3.60. The summed E-state index contributed by atoms with van der Waals surface area (Å²) in [5, 5.41) is 91.0. The Kier molecular flexibility index (Phi) is 39.1. The Labute approximate surface area is 478 Å². The maximum atomic E-state index is 13.0. The predicted molar refractivity (Wildman–Crippen MR) is 288 cm³/mol. The van der Waals surface area contributed by atoms with Crippen LogP contribution in [0.15, 0.2) is 0 Å². The molecule has 2 aliphatic rings. The van der Waals surface area contributed by atoms with E-state index in [1.54, 1.807) is 7.11 Å². The molecule has 0 bridgehead atoms. The number of amides is 8. The molecular weight excluding hydrogens is 1090 g/mol. The first-order valence-electron chi connectivity index (χ1n) is 28.2. The zero-order chi connectivity index (χ0) is 60.7. The summed E-state index contributed by atoms with van der Waals surface area (Å²) in [5.41, 5.74) is 0. The minimum atomic E-state index is -1.46. The highest BCUT2D eigenvalue weighted by Crippen LogP contribution is 2.24. The molecule has 2 saturated heterocycles. The van der Waals surface area contributed by atoms with Crippen molar-refractivity contribution in [2.24, 2.45) is 5.92 Å². The van der Waals surface area contributed by atoms with Crippen LogP contribution < -0.4 is 42.5 Å². The number of hydrogen-bond acceptors (Lipinski definition) is 22. The fraction of sp³-hybridized carbons (Fsp3) is 0.846. The van der Waals surface area contributed by atoms with E-state index in [4.69, 9.17) is 33.2 Å². The van der Waals surface area contributed by atoms with Gasteiger partial charge in [0, 0.05) is 105 Å². The van der Waals surface area contributed by atoms with Gasteiger partial charge in [0.05, 0.1) is 39.6 Å². The van der Waals surface area contributed by atoms with Crippen LogP contribution in [0, 0.1) is 5.92 Å². The molecule has 30 heteroatoms. The van der Waals surface area contributed by atoms with Crippen molar-refractivity contribution in [2.45, 2.75) is 171 Å².